The molecule has 0 aliphatic carbocycles. The van der Waals surface area contributed by atoms with Crippen molar-refractivity contribution in [2.75, 3.05) is 31.6 Å². The van der Waals surface area contributed by atoms with Gasteiger partial charge in [-0.2, -0.15) is 5.26 Å². The molecule has 1 aliphatic rings. The maximum atomic E-state index is 8.98. The second-order valence-electron chi connectivity index (χ2n) is 5.39. The molecule has 102 valence electrons. The third-order valence-corrected chi connectivity index (χ3v) is 4.29. The molecular weight excluding hydrogens is 234 g/mol. The standard InChI is InChI=1S/C16H23N3/c1-4-19-9-7-15(8-10-19)18(3)16-6-5-14(12-17)13(2)11-16/h5-6,11,15H,4,7-10H2,1-3H3. The van der Waals surface area contributed by atoms with E-state index in [2.05, 4.69) is 42.0 Å². The number of nitriles is 1. The van der Waals surface area contributed by atoms with Gasteiger partial charge in [-0.25, -0.2) is 0 Å². The summed E-state index contributed by atoms with van der Waals surface area (Å²) >= 11 is 0. The molecule has 0 aromatic heterocycles. The van der Waals surface area contributed by atoms with Crippen LogP contribution in [-0.2, 0) is 0 Å². The van der Waals surface area contributed by atoms with Gasteiger partial charge in [0.25, 0.3) is 0 Å². The van der Waals surface area contributed by atoms with Crippen molar-refractivity contribution in [3.05, 3.63) is 29.3 Å². The van der Waals surface area contributed by atoms with Crippen LogP contribution in [0, 0.1) is 18.3 Å². The van der Waals surface area contributed by atoms with Crippen molar-refractivity contribution in [3.8, 4) is 6.07 Å². The number of aryl methyl sites for hydroxylation is 1. The van der Waals surface area contributed by atoms with E-state index >= 15 is 0 Å². The number of benzene rings is 1. The maximum Gasteiger partial charge on any atom is 0.0994 e. The average Bonchev–Trinajstić information content (AvgIpc) is 2.46. The summed E-state index contributed by atoms with van der Waals surface area (Å²) in [5.74, 6) is 0. The highest BCUT2D eigenvalue weighted by atomic mass is 15.2. The number of piperidine rings is 1. The van der Waals surface area contributed by atoms with Gasteiger partial charge in [-0.3, -0.25) is 0 Å². The molecule has 3 nitrogen and oxygen atoms in total. The average molecular weight is 257 g/mol. The van der Waals surface area contributed by atoms with Crippen LogP contribution in [0.2, 0.25) is 0 Å². The van der Waals surface area contributed by atoms with Crippen LogP contribution in [0.3, 0.4) is 0 Å². The molecule has 0 unspecified atom stereocenters. The summed E-state index contributed by atoms with van der Waals surface area (Å²) in [6, 6.07) is 8.98. The third-order valence-electron chi connectivity index (χ3n) is 4.29. The van der Waals surface area contributed by atoms with Gasteiger partial charge in [0.1, 0.15) is 0 Å². The number of hydrogen-bond donors (Lipinski definition) is 0. The zero-order valence-corrected chi connectivity index (χ0v) is 12.2. The van der Waals surface area contributed by atoms with Crippen LogP contribution in [0.15, 0.2) is 18.2 Å². The number of hydrogen-bond acceptors (Lipinski definition) is 3. The fraction of sp³-hybridized carbons (Fsp3) is 0.562. The van der Waals surface area contributed by atoms with Gasteiger partial charge in [0.2, 0.25) is 0 Å². The van der Waals surface area contributed by atoms with E-state index in [1.54, 1.807) is 0 Å². The lowest BCUT2D eigenvalue weighted by molar-refractivity contribution is 0.221. The van der Waals surface area contributed by atoms with Gasteiger partial charge >= 0.3 is 0 Å². The summed E-state index contributed by atoms with van der Waals surface area (Å²) in [5, 5.41) is 8.98. The minimum Gasteiger partial charge on any atom is -0.372 e. The first-order valence-corrected chi connectivity index (χ1v) is 7.11. The van der Waals surface area contributed by atoms with Gasteiger partial charge in [0, 0.05) is 31.9 Å². The molecule has 3 heteroatoms. The molecular formula is C16H23N3. The zero-order chi connectivity index (χ0) is 13.8. The second-order valence-corrected chi connectivity index (χ2v) is 5.39. The smallest absolute Gasteiger partial charge is 0.0994 e. The van der Waals surface area contributed by atoms with Crippen molar-refractivity contribution >= 4 is 5.69 Å². The minimum atomic E-state index is 0.620. The third kappa shape index (κ3) is 3.08. The van der Waals surface area contributed by atoms with Gasteiger partial charge in [0.05, 0.1) is 11.6 Å². The Kier molecular flexibility index (Phi) is 4.44. The Morgan fingerprint density at radius 1 is 1.37 bits per heavy atom. The van der Waals surface area contributed by atoms with Crippen LogP contribution >= 0.6 is 0 Å². The normalized spacial score (nSPS) is 17.2. The Labute approximate surface area is 116 Å². The molecule has 1 heterocycles. The molecule has 0 radical (unpaired) electrons. The van der Waals surface area contributed by atoms with Gasteiger partial charge in [-0.15, -0.1) is 0 Å². The molecule has 1 aromatic rings. The van der Waals surface area contributed by atoms with Crippen LogP contribution in [-0.4, -0.2) is 37.6 Å². The van der Waals surface area contributed by atoms with Crippen LogP contribution in [0.1, 0.15) is 30.9 Å². The SMILES string of the molecule is CCN1CCC(N(C)c2ccc(C#N)c(C)c2)CC1. The molecule has 1 fully saturated rings. The van der Waals surface area contributed by atoms with Crippen molar-refractivity contribution in [2.45, 2.75) is 32.7 Å². The Hall–Kier alpha value is -1.53. The fourth-order valence-corrected chi connectivity index (χ4v) is 2.83. The van der Waals surface area contributed by atoms with E-state index in [1.165, 1.54) is 31.6 Å². The van der Waals surface area contributed by atoms with E-state index in [-0.39, 0.29) is 0 Å². The van der Waals surface area contributed by atoms with E-state index in [1.807, 2.05) is 13.0 Å². The first-order chi connectivity index (χ1) is 9.15. The first-order valence-electron chi connectivity index (χ1n) is 7.11. The van der Waals surface area contributed by atoms with Crippen LogP contribution in [0.25, 0.3) is 0 Å². The molecule has 2 rings (SSSR count). The summed E-state index contributed by atoms with van der Waals surface area (Å²) in [6.07, 6.45) is 2.45. The highest BCUT2D eigenvalue weighted by molar-refractivity contribution is 5.53. The predicted octanol–water partition coefficient (Wildman–Crippen LogP) is 2.79. The fourth-order valence-electron chi connectivity index (χ4n) is 2.83. The lowest BCUT2D eigenvalue weighted by Gasteiger charge is -2.37. The maximum absolute atomic E-state index is 8.98. The monoisotopic (exact) mass is 257 g/mol. The van der Waals surface area contributed by atoms with Gasteiger partial charge < -0.3 is 9.80 Å². The van der Waals surface area contributed by atoms with E-state index in [4.69, 9.17) is 5.26 Å². The van der Waals surface area contributed by atoms with E-state index in [0.717, 1.165) is 17.7 Å². The summed E-state index contributed by atoms with van der Waals surface area (Å²) < 4.78 is 0. The van der Waals surface area contributed by atoms with Gasteiger partial charge in [-0.1, -0.05) is 6.92 Å². The Bertz CT molecular complexity index is 467. The highest BCUT2D eigenvalue weighted by Crippen LogP contribution is 2.24. The second kappa shape index (κ2) is 6.08. The van der Waals surface area contributed by atoms with Crippen LogP contribution in [0.5, 0.6) is 0 Å². The number of nitrogens with zero attached hydrogens (tertiary/aromatic N) is 3. The number of rotatable bonds is 3. The van der Waals surface area contributed by atoms with Crippen molar-refractivity contribution in [1.82, 2.24) is 4.90 Å². The van der Waals surface area contributed by atoms with Gasteiger partial charge in [0.15, 0.2) is 0 Å². The zero-order valence-electron chi connectivity index (χ0n) is 12.2. The summed E-state index contributed by atoms with van der Waals surface area (Å²) in [7, 11) is 2.17. The number of anilines is 1. The quantitative estimate of drug-likeness (QED) is 0.834. The summed E-state index contributed by atoms with van der Waals surface area (Å²) in [6.45, 7) is 7.79. The van der Waals surface area contributed by atoms with Crippen LogP contribution in [0.4, 0.5) is 5.69 Å². The molecule has 1 aliphatic heterocycles. The largest absolute Gasteiger partial charge is 0.372 e. The Morgan fingerprint density at radius 2 is 2.05 bits per heavy atom. The molecule has 1 saturated heterocycles. The van der Waals surface area contributed by atoms with E-state index in [0.29, 0.717) is 6.04 Å². The van der Waals surface area contributed by atoms with Crippen molar-refractivity contribution in [1.29, 1.82) is 5.26 Å². The predicted molar refractivity (Wildman–Crippen MR) is 79.4 cm³/mol. The van der Waals surface area contributed by atoms with Crippen LogP contribution < -0.4 is 4.90 Å². The molecule has 0 spiro atoms. The lowest BCUT2D eigenvalue weighted by atomic mass is 10.0. The molecule has 0 N–H and O–H groups in total. The molecule has 0 amide bonds. The minimum absolute atomic E-state index is 0.620. The summed E-state index contributed by atoms with van der Waals surface area (Å²) in [4.78, 5) is 4.88. The van der Waals surface area contributed by atoms with E-state index < -0.39 is 0 Å². The highest BCUT2D eigenvalue weighted by Gasteiger charge is 2.21. The molecule has 1 aromatic carbocycles. The Balaban J connectivity index is 2.06. The number of likely N-dealkylation sites (tertiary alicyclic amines) is 1. The topological polar surface area (TPSA) is 30.3 Å². The molecule has 0 bridgehead atoms. The Morgan fingerprint density at radius 3 is 2.58 bits per heavy atom. The molecule has 0 saturated carbocycles. The summed E-state index contributed by atoms with van der Waals surface area (Å²) in [5.41, 5.74) is 3.07. The van der Waals surface area contributed by atoms with Crippen molar-refractivity contribution < 1.29 is 0 Å². The lowest BCUT2D eigenvalue weighted by Crippen LogP contribution is -2.43. The molecule has 19 heavy (non-hydrogen) atoms. The van der Waals surface area contributed by atoms with Gasteiger partial charge in [-0.05, 0) is 50.1 Å². The van der Waals surface area contributed by atoms with Crippen molar-refractivity contribution in [3.63, 3.8) is 0 Å². The van der Waals surface area contributed by atoms with E-state index in [9.17, 15) is 0 Å². The first kappa shape index (κ1) is 13.9. The van der Waals surface area contributed by atoms with Crippen molar-refractivity contribution in [2.24, 2.45) is 0 Å². The molecule has 0 atom stereocenters.